The second-order valence-electron chi connectivity index (χ2n) is 5.02. The third-order valence-corrected chi connectivity index (χ3v) is 4.45. The Morgan fingerprint density at radius 1 is 1.44 bits per heavy atom. The van der Waals surface area contributed by atoms with Crippen LogP contribution in [-0.4, -0.2) is 43.1 Å². The van der Waals surface area contributed by atoms with Crippen molar-refractivity contribution >= 4 is 9.84 Å². The van der Waals surface area contributed by atoms with Crippen molar-refractivity contribution in [3.05, 3.63) is 18.2 Å². The molecule has 6 heteroatoms. The van der Waals surface area contributed by atoms with Crippen LogP contribution < -0.4 is 5.32 Å². The molecule has 5 nitrogen and oxygen atoms in total. The Morgan fingerprint density at radius 3 is 2.83 bits per heavy atom. The van der Waals surface area contributed by atoms with Gasteiger partial charge in [0.25, 0.3) is 0 Å². The maximum Gasteiger partial charge on any atom is 0.147 e. The minimum Gasteiger partial charge on any atom is -0.334 e. The van der Waals surface area contributed by atoms with Gasteiger partial charge in [0.15, 0.2) is 0 Å². The quantitative estimate of drug-likeness (QED) is 0.860. The van der Waals surface area contributed by atoms with Gasteiger partial charge in [0.1, 0.15) is 9.84 Å². The van der Waals surface area contributed by atoms with E-state index in [-0.39, 0.29) is 5.75 Å². The fourth-order valence-electron chi connectivity index (χ4n) is 2.47. The second-order valence-corrected chi connectivity index (χ2v) is 7.28. The molecule has 0 spiro atoms. The monoisotopic (exact) mass is 271 g/mol. The predicted octanol–water partition coefficient (Wildman–Crippen LogP) is 0.785. The van der Waals surface area contributed by atoms with Crippen LogP contribution >= 0.6 is 0 Å². The molecule has 0 saturated carbocycles. The molecule has 102 valence electrons. The highest BCUT2D eigenvalue weighted by molar-refractivity contribution is 7.90. The van der Waals surface area contributed by atoms with Gasteiger partial charge in [-0.05, 0) is 32.4 Å². The fourth-order valence-corrected chi connectivity index (χ4v) is 3.13. The maximum absolute atomic E-state index is 11.1. The van der Waals surface area contributed by atoms with Gasteiger partial charge >= 0.3 is 0 Å². The lowest BCUT2D eigenvalue weighted by Crippen LogP contribution is -2.27. The van der Waals surface area contributed by atoms with Crippen LogP contribution in [0, 0.1) is 0 Å². The minimum atomic E-state index is -2.86. The summed E-state index contributed by atoms with van der Waals surface area (Å²) in [5.74, 6) is 0.809. The molecule has 0 atom stereocenters. The molecule has 0 amide bonds. The molecule has 1 aliphatic heterocycles. The Bertz CT molecular complexity index is 475. The standard InChI is InChI=1S/C12H21N3O2S/c1-18(16,17)8-2-7-15-10-14-9-12(15)11-3-5-13-6-4-11/h9-11,13H,2-8H2,1H3. The van der Waals surface area contributed by atoms with Crippen LogP contribution in [0.25, 0.3) is 0 Å². The van der Waals surface area contributed by atoms with E-state index in [1.807, 2.05) is 12.5 Å². The summed E-state index contributed by atoms with van der Waals surface area (Å²) in [7, 11) is -2.86. The van der Waals surface area contributed by atoms with E-state index < -0.39 is 9.84 Å². The number of piperidine rings is 1. The van der Waals surface area contributed by atoms with Crippen molar-refractivity contribution in [3.8, 4) is 0 Å². The van der Waals surface area contributed by atoms with Crippen LogP contribution in [0.3, 0.4) is 0 Å². The molecular formula is C12H21N3O2S. The first-order valence-corrected chi connectivity index (χ1v) is 8.51. The van der Waals surface area contributed by atoms with Gasteiger partial charge < -0.3 is 9.88 Å². The summed E-state index contributed by atoms with van der Waals surface area (Å²) < 4.78 is 24.3. The Hall–Kier alpha value is -0.880. The van der Waals surface area contributed by atoms with E-state index in [4.69, 9.17) is 0 Å². The minimum absolute atomic E-state index is 0.247. The summed E-state index contributed by atoms with van der Waals surface area (Å²) in [5, 5.41) is 3.35. The first kappa shape index (κ1) is 13.5. The van der Waals surface area contributed by atoms with E-state index in [0.717, 1.165) is 32.5 Å². The lowest BCUT2D eigenvalue weighted by Gasteiger charge is -2.23. The molecule has 1 aromatic rings. The Kier molecular flexibility index (Phi) is 4.40. The van der Waals surface area contributed by atoms with Crippen molar-refractivity contribution in [1.29, 1.82) is 0 Å². The lowest BCUT2D eigenvalue weighted by molar-refractivity contribution is 0.438. The summed E-state index contributed by atoms with van der Waals surface area (Å²) in [6, 6.07) is 0. The largest absolute Gasteiger partial charge is 0.334 e. The molecule has 0 unspecified atom stereocenters. The fraction of sp³-hybridized carbons (Fsp3) is 0.750. The van der Waals surface area contributed by atoms with Crippen LogP contribution in [0.1, 0.15) is 30.9 Å². The van der Waals surface area contributed by atoms with Gasteiger partial charge in [0, 0.05) is 30.6 Å². The third kappa shape index (κ3) is 3.81. The number of nitrogens with one attached hydrogen (secondary N) is 1. The Balaban J connectivity index is 1.94. The molecule has 2 heterocycles. The summed E-state index contributed by atoms with van der Waals surface area (Å²) >= 11 is 0. The van der Waals surface area contributed by atoms with E-state index in [1.54, 1.807) is 0 Å². The van der Waals surface area contributed by atoms with Gasteiger partial charge in [-0.15, -0.1) is 0 Å². The van der Waals surface area contributed by atoms with Crippen LogP contribution in [-0.2, 0) is 16.4 Å². The number of hydrogen-bond acceptors (Lipinski definition) is 4. The number of nitrogens with zero attached hydrogens (tertiary/aromatic N) is 2. The maximum atomic E-state index is 11.1. The van der Waals surface area contributed by atoms with E-state index in [9.17, 15) is 8.42 Å². The van der Waals surface area contributed by atoms with E-state index in [0.29, 0.717) is 12.3 Å². The topological polar surface area (TPSA) is 64.0 Å². The van der Waals surface area contributed by atoms with Crippen molar-refractivity contribution in [2.24, 2.45) is 0 Å². The summed E-state index contributed by atoms with van der Waals surface area (Å²) in [4.78, 5) is 4.21. The number of imidazole rings is 1. The van der Waals surface area contributed by atoms with Gasteiger partial charge in [-0.2, -0.15) is 0 Å². The third-order valence-electron chi connectivity index (χ3n) is 3.42. The average Bonchev–Trinajstić information content (AvgIpc) is 2.77. The summed E-state index contributed by atoms with van der Waals surface area (Å²) in [6.45, 7) is 2.85. The molecular weight excluding hydrogens is 250 g/mol. The number of sulfone groups is 1. The highest BCUT2D eigenvalue weighted by Gasteiger charge is 2.18. The van der Waals surface area contributed by atoms with Gasteiger partial charge in [-0.25, -0.2) is 13.4 Å². The van der Waals surface area contributed by atoms with E-state index in [2.05, 4.69) is 14.9 Å². The second kappa shape index (κ2) is 5.84. The SMILES string of the molecule is CS(=O)(=O)CCCn1cncc1C1CCNCC1. The van der Waals surface area contributed by atoms with Crippen LogP contribution in [0.2, 0.25) is 0 Å². The molecule has 0 aliphatic carbocycles. The van der Waals surface area contributed by atoms with E-state index >= 15 is 0 Å². The van der Waals surface area contributed by atoms with Crippen LogP contribution in [0.15, 0.2) is 12.5 Å². The van der Waals surface area contributed by atoms with E-state index in [1.165, 1.54) is 11.9 Å². The van der Waals surface area contributed by atoms with Crippen molar-refractivity contribution in [3.63, 3.8) is 0 Å². The first-order valence-electron chi connectivity index (χ1n) is 6.45. The lowest BCUT2D eigenvalue weighted by atomic mass is 9.95. The number of aromatic nitrogens is 2. The zero-order chi connectivity index (χ0) is 13.0. The van der Waals surface area contributed by atoms with Crippen LogP contribution in [0.4, 0.5) is 0 Å². The molecule has 2 rings (SSSR count). The molecule has 1 saturated heterocycles. The molecule has 1 N–H and O–H groups in total. The van der Waals surface area contributed by atoms with Crippen molar-refractivity contribution in [1.82, 2.24) is 14.9 Å². The van der Waals surface area contributed by atoms with Gasteiger partial charge in [0.2, 0.25) is 0 Å². The normalized spacial score (nSPS) is 18.1. The molecule has 18 heavy (non-hydrogen) atoms. The summed E-state index contributed by atoms with van der Waals surface area (Å²) in [5.41, 5.74) is 1.25. The van der Waals surface area contributed by atoms with Gasteiger partial charge in [0.05, 0.1) is 12.1 Å². The van der Waals surface area contributed by atoms with Gasteiger partial charge in [-0.3, -0.25) is 0 Å². The number of hydrogen-bond donors (Lipinski definition) is 1. The number of rotatable bonds is 5. The molecule has 1 aliphatic rings. The summed E-state index contributed by atoms with van der Waals surface area (Å²) in [6.07, 6.45) is 7.97. The van der Waals surface area contributed by atoms with Crippen molar-refractivity contribution < 1.29 is 8.42 Å². The molecule has 0 bridgehead atoms. The average molecular weight is 271 g/mol. The first-order chi connectivity index (χ1) is 8.56. The molecule has 1 fully saturated rings. The zero-order valence-corrected chi connectivity index (χ0v) is 11.6. The van der Waals surface area contributed by atoms with Crippen molar-refractivity contribution in [2.75, 3.05) is 25.1 Å². The Labute approximate surface area is 109 Å². The zero-order valence-electron chi connectivity index (χ0n) is 10.8. The number of aryl methyl sites for hydroxylation is 1. The molecule has 0 aromatic carbocycles. The molecule has 0 radical (unpaired) electrons. The van der Waals surface area contributed by atoms with Crippen LogP contribution in [0.5, 0.6) is 0 Å². The van der Waals surface area contributed by atoms with Crippen molar-refractivity contribution in [2.45, 2.75) is 31.7 Å². The Morgan fingerprint density at radius 2 is 2.17 bits per heavy atom. The predicted molar refractivity (Wildman–Crippen MR) is 71.4 cm³/mol. The van der Waals surface area contributed by atoms with Gasteiger partial charge in [-0.1, -0.05) is 0 Å². The molecule has 1 aromatic heterocycles. The highest BCUT2D eigenvalue weighted by atomic mass is 32.2. The highest BCUT2D eigenvalue weighted by Crippen LogP contribution is 2.24. The smallest absolute Gasteiger partial charge is 0.147 e.